The molecule has 0 amide bonds. The summed E-state index contributed by atoms with van der Waals surface area (Å²) in [6, 6.07) is 7.31. The summed E-state index contributed by atoms with van der Waals surface area (Å²) in [4.78, 5) is 25.2. The van der Waals surface area contributed by atoms with E-state index in [2.05, 4.69) is 10.1 Å². The molecule has 0 radical (unpaired) electrons. The summed E-state index contributed by atoms with van der Waals surface area (Å²) in [6.45, 7) is 0. The zero-order valence-corrected chi connectivity index (χ0v) is 17.6. The molecule has 1 aliphatic rings. The highest BCUT2D eigenvalue weighted by Gasteiger charge is 2.46. The third-order valence-electron chi connectivity index (χ3n) is 5.43. The number of benzene rings is 1. The molecule has 10 heteroatoms. The molecule has 1 aromatic carbocycles. The largest absolute Gasteiger partial charge is 0.465 e. The number of rotatable bonds is 5. The number of nitrogens with one attached hydrogen (secondary N) is 1. The van der Waals surface area contributed by atoms with Crippen LogP contribution in [0.3, 0.4) is 0 Å². The number of hydrogen-bond acceptors (Lipinski definition) is 6. The highest BCUT2D eigenvalue weighted by atomic mass is 19.4. The summed E-state index contributed by atoms with van der Waals surface area (Å²) in [5.41, 5.74) is -3.14. The van der Waals surface area contributed by atoms with Crippen LogP contribution in [-0.2, 0) is 15.7 Å². The van der Waals surface area contributed by atoms with E-state index in [4.69, 9.17) is 4.74 Å². The van der Waals surface area contributed by atoms with Crippen LogP contribution < -0.4 is 5.32 Å². The number of alkyl halides is 3. The van der Waals surface area contributed by atoms with Gasteiger partial charge < -0.3 is 14.8 Å². The number of hydrogen-bond donors (Lipinski definition) is 1. The SMILES string of the molecule is COC(=O)c1c(C(=O)OC)c(C(F)(F)F)n(-c2ccccc2C#N)c1NC1CCCCC1. The van der Waals surface area contributed by atoms with Crippen molar-refractivity contribution in [3.05, 3.63) is 46.6 Å². The molecule has 0 aliphatic heterocycles. The molecule has 170 valence electrons. The molecule has 1 aromatic heterocycles. The van der Waals surface area contributed by atoms with Crippen LogP contribution in [-0.4, -0.2) is 36.8 Å². The Hall–Kier alpha value is -3.48. The molecule has 32 heavy (non-hydrogen) atoms. The smallest absolute Gasteiger partial charge is 0.432 e. The van der Waals surface area contributed by atoms with Crippen LogP contribution in [0.15, 0.2) is 24.3 Å². The van der Waals surface area contributed by atoms with Gasteiger partial charge in [-0.2, -0.15) is 18.4 Å². The maximum Gasteiger partial charge on any atom is 0.432 e. The number of aromatic nitrogens is 1. The Morgan fingerprint density at radius 3 is 2.22 bits per heavy atom. The fraction of sp³-hybridized carbons (Fsp3) is 0.409. The fourth-order valence-electron chi connectivity index (χ4n) is 4.02. The van der Waals surface area contributed by atoms with Gasteiger partial charge in [-0.05, 0) is 25.0 Å². The van der Waals surface area contributed by atoms with E-state index < -0.39 is 34.9 Å². The number of carbonyl (C=O) groups excluding carboxylic acids is 2. The number of esters is 2. The molecule has 1 fully saturated rings. The summed E-state index contributed by atoms with van der Waals surface area (Å²) >= 11 is 0. The van der Waals surface area contributed by atoms with Crippen LogP contribution in [0.25, 0.3) is 5.69 Å². The maximum absolute atomic E-state index is 14.4. The lowest BCUT2D eigenvalue weighted by Crippen LogP contribution is -2.25. The fourth-order valence-corrected chi connectivity index (χ4v) is 4.02. The van der Waals surface area contributed by atoms with E-state index in [1.54, 1.807) is 0 Å². The van der Waals surface area contributed by atoms with Crippen molar-refractivity contribution in [1.29, 1.82) is 5.26 Å². The van der Waals surface area contributed by atoms with Crippen LogP contribution in [0.1, 0.15) is 64.1 Å². The molecule has 7 nitrogen and oxygen atoms in total. The number of ether oxygens (including phenoxy) is 2. The standard InChI is InChI=1S/C22H22F3N3O4/c1-31-20(29)16-17(21(30)32-2)19(27-14-9-4-3-5-10-14)28(18(16)22(23,24)25)15-11-7-6-8-13(15)12-26/h6-8,11,14,27H,3-5,9-10H2,1-2H3. The second-order valence-electron chi connectivity index (χ2n) is 7.37. The lowest BCUT2D eigenvalue weighted by atomic mass is 9.95. The topological polar surface area (TPSA) is 93.4 Å². The molecule has 0 atom stereocenters. The van der Waals surface area contributed by atoms with E-state index in [1.807, 2.05) is 6.07 Å². The Balaban J connectivity index is 2.45. The van der Waals surface area contributed by atoms with Gasteiger partial charge in [0.2, 0.25) is 0 Å². The lowest BCUT2D eigenvalue weighted by Gasteiger charge is -2.26. The maximum atomic E-state index is 14.4. The minimum Gasteiger partial charge on any atom is -0.465 e. The van der Waals surface area contributed by atoms with Crippen molar-refractivity contribution in [1.82, 2.24) is 4.57 Å². The van der Waals surface area contributed by atoms with Crippen molar-refractivity contribution in [2.24, 2.45) is 0 Å². The molecule has 0 unspecified atom stereocenters. The second-order valence-corrected chi connectivity index (χ2v) is 7.37. The van der Waals surface area contributed by atoms with Crippen molar-refractivity contribution in [3.8, 4) is 11.8 Å². The highest BCUT2D eigenvalue weighted by Crippen LogP contribution is 2.43. The van der Waals surface area contributed by atoms with Crippen LogP contribution in [0.2, 0.25) is 0 Å². The Labute approximate surface area is 182 Å². The first kappa shape index (κ1) is 23.2. The van der Waals surface area contributed by atoms with Crippen molar-refractivity contribution >= 4 is 17.8 Å². The van der Waals surface area contributed by atoms with E-state index >= 15 is 0 Å². The van der Waals surface area contributed by atoms with E-state index in [0.717, 1.165) is 33.5 Å². The molecule has 0 saturated heterocycles. The zero-order chi connectivity index (χ0) is 23.5. The van der Waals surface area contributed by atoms with Crippen LogP contribution in [0.4, 0.5) is 19.0 Å². The van der Waals surface area contributed by atoms with Crippen LogP contribution in [0, 0.1) is 11.3 Å². The van der Waals surface area contributed by atoms with E-state index in [9.17, 15) is 28.0 Å². The number of para-hydroxylation sites is 1. The van der Waals surface area contributed by atoms with E-state index in [-0.39, 0.29) is 23.1 Å². The second kappa shape index (κ2) is 9.34. The minimum atomic E-state index is -5.05. The monoisotopic (exact) mass is 449 g/mol. The first-order valence-electron chi connectivity index (χ1n) is 10.0. The molecule has 1 saturated carbocycles. The summed E-state index contributed by atoms with van der Waals surface area (Å²) in [5, 5.41) is 12.6. The molecule has 2 aromatic rings. The Kier molecular flexibility index (Phi) is 6.77. The van der Waals surface area contributed by atoms with Gasteiger partial charge in [-0.25, -0.2) is 9.59 Å². The van der Waals surface area contributed by atoms with Crippen molar-refractivity contribution < 1.29 is 32.2 Å². The summed E-state index contributed by atoms with van der Waals surface area (Å²) < 4.78 is 53.2. The van der Waals surface area contributed by atoms with Gasteiger partial charge in [0.1, 0.15) is 28.7 Å². The predicted octanol–water partition coefficient (Wildman–Crippen LogP) is 4.69. The molecule has 1 aliphatic carbocycles. The predicted molar refractivity (Wildman–Crippen MR) is 109 cm³/mol. The zero-order valence-electron chi connectivity index (χ0n) is 17.6. The van der Waals surface area contributed by atoms with Gasteiger partial charge >= 0.3 is 18.1 Å². The number of nitriles is 1. The molecule has 0 bridgehead atoms. The molecule has 1 heterocycles. The number of nitrogens with zero attached hydrogens (tertiary/aromatic N) is 2. The average molecular weight is 449 g/mol. The molecule has 1 N–H and O–H groups in total. The molecular formula is C22H22F3N3O4. The Bertz CT molecular complexity index is 1060. The first-order chi connectivity index (χ1) is 15.2. The summed E-state index contributed by atoms with van der Waals surface area (Å²) in [7, 11) is 1.94. The average Bonchev–Trinajstić information content (AvgIpc) is 3.13. The molecular weight excluding hydrogens is 427 g/mol. The molecule has 3 rings (SSSR count). The van der Waals surface area contributed by atoms with Crippen molar-refractivity contribution in [2.45, 2.75) is 44.3 Å². The van der Waals surface area contributed by atoms with E-state index in [0.29, 0.717) is 17.4 Å². The number of methoxy groups -OCH3 is 2. The minimum absolute atomic E-state index is 0.0625. The van der Waals surface area contributed by atoms with Gasteiger partial charge in [-0.1, -0.05) is 31.4 Å². The normalized spacial score (nSPS) is 14.5. The number of halogens is 3. The van der Waals surface area contributed by atoms with Gasteiger partial charge in [0.05, 0.1) is 25.5 Å². The lowest BCUT2D eigenvalue weighted by molar-refractivity contribution is -0.142. The third-order valence-corrected chi connectivity index (χ3v) is 5.43. The van der Waals surface area contributed by atoms with Gasteiger partial charge in [-0.15, -0.1) is 0 Å². The third kappa shape index (κ3) is 4.28. The van der Waals surface area contributed by atoms with Crippen molar-refractivity contribution in [3.63, 3.8) is 0 Å². The molecule has 0 spiro atoms. The van der Waals surface area contributed by atoms with Gasteiger partial charge in [-0.3, -0.25) is 4.57 Å². The number of carbonyl (C=O) groups is 2. The Morgan fingerprint density at radius 1 is 1.06 bits per heavy atom. The van der Waals surface area contributed by atoms with E-state index in [1.165, 1.54) is 24.3 Å². The van der Waals surface area contributed by atoms with Gasteiger partial charge in [0.25, 0.3) is 0 Å². The van der Waals surface area contributed by atoms with Gasteiger partial charge in [0, 0.05) is 6.04 Å². The highest BCUT2D eigenvalue weighted by molar-refractivity contribution is 6.08. The number of anilines is 1. The summed E-state index contributed by atoms with van der Waals surface area (Å²) in [5.74, 6) is -2.71. The first-order valence-corrected chi connectivity index (χ1v) is 10.0. The summed E-state index contributed by atoms with van der Waals surface area (Å²) in [6.07, 6.45) is -0.947. The van der Waals surface area contributed by atoms with Crippen molar-refractivity contribution in [2.75, 3.05) is 19.5 Å². The van der Waals surface area contributed by atoms with Gasteiger partial charge in [0.15, 0.2) is 0 Å². The van der Waals surface area contributed by atoms with Crippen LogP contribution >= 0.6 is 0 Å². The Morgan fingerprint density at radius 2 is 1.66 bits per heavy atom. The quantitative estimate of drug-likeness (QED) is 0.666. The van der Waals surface area contributed by atoms with Crippen LogP contribution in [0.5, 0.6) is 0 Å².